The summed E-state index contributed by atoms with van der Waals surface area (Å²) >= 11 is 0. The predicted molar refractivity (Wildman–Crippen MR) is 62.4 cm³/mol. The minimum Gasteiger partial charge on any atom is -0.298 e. The lowest BCUT2D eigenvalue weighted by molar-refractivity contribution is 0.470. The monoisotopic (exact) mass is 205 g/mol. The van der Waals surface area contributed by atoms with Crippen LogP contribution in [0.25, 0.3) is 0 Å². The van der Waals surface area contributed by atoms with Crippen molar-refractivity contribution >= 4 is 0 Å². The average Bonchev–Trinajstić information content (AvgIpc) is 2.73. The van der Waals surface area contributed by atoms with Crippen molar-refractivity contribution in [3.8, 4) is 12.3 Å². The van der Waals surface area contributed by atoms with Crippen LogP contribution >= 0.6 is 0 Å². The van der Waals surface area contributed by atoms with Gasteiger partial charge in [-0.05, 0) is 26.3 Å². The van der Waals surface area contributed by atoms with Gasteiger partial charge in [-0.2, -0.15) is 5.10 Å². The molecule has 1 aromatic heterocycles. The van der Waals surface area contributed by atoms with Crippen LogP contribution in [0.1, 0.15) is 38.9 Å². The molecular weight excluding hydrogens is 186 g/mol. The highest BCUT2D eigenvalue weighted by Crippen LogP contribution is 2.08. The van der Waals surface area contributed by atoms with Crippen molar-refractivity contribution in [3.05, 3.63) is 18.0 Å². The lowest BCUT2D eigenvalue weighted by atomic mass is 10.3. The van der Waals surface area contributed by atoms with Gasteiger partial charge in [-0.25, -0.2) is 0 Å². The molecule has 0 saturated heterocycles. The van der Waals surface area contributed by atoms with E-state index in [1.807, 2.05) is 23.9 Å². The second kappa shape index (κ2) is 5.57. The molecule has 0 aromatic carbocycles. The van der Waals surface area contributed by atoms with E-state index in [9.17, 15) is 0 Å². The van der Waals surface area contributed by atoms with Gasteiger partial charge in [-0.1, -0.05) is 12.8 Å². The maximum absolute atomic E-state index is 5.27. The molecule has 2 unspecified atom stereocenters. The molecule has 1 heterocycles. The number of aromatic nitrogens is 2. The van der Waals surface area contributed by atoms with Crippen LogP contribution in [0.2, 0.25) is 0 Å². The Morgan fingerprint density at radius 2 is 2.33 bits per heavy atom. The molecule has 0 aliphatic heterocycles. The van der Waals surface area contributed by atoms with Crippen LogP contribution in [0.4, 0.5) is 0 Å². The summed E-state index contributed by atoms with van der Waals surface area (Å²) in [5, 5.41) is 7.68. The van der Waals surface area contributed by atoms with Crippen molar-refractivity contribution in [3.63, 3.8) is 0 Å². The van der Waals surface area contributed by atoms with Crippen LogP contribution in [0.5, 0.6) is 0 Å². The smallest absolute Gasteiger partial charge is 0.0762 e. The zero-order valence-corrected chi connectivity index (χ0v) is 9.70. The second-order valence-corrected chi connectivity index (χ2v) is 3.81. The molecule has 0 radical (unpaired) electrons. The minimum absolute atomic E-state index is 0.0961. The zero-order chi connectivity index (χ0) is 11.3. The first kappa shape index (κ1) is 11.8. The Hall–Kier alpha value is -1.27. The van der Waals surface area contributed by atoms with E-state index in [0.29, 0.717) is 6.04 Å². The third kappa shape index (κ3) is 3.41. The van der Waals surface area contributed by atoms with E-state index in [-0.39, 0.29) is 6.04 Å². The summed E-state index contributed by atoms with van der Waals surface area (Å²) in [5.41, 5.74) is 1.04. The maximum Gasteiger partial charge on any atom is 0.0762 e. The van der Waals surface area contributed by atoms with Crippen molar-refractivity contribution in [2.75, 3.05) is 0 Å². The summed E-state index contributed by atoms with van der Waals surface area (Å²) in [7, 11) is 0. The SMILES string of the molecule is C#CC(C)NCc1ccn(C(C)CC)n1. The Kier molecular flexibility index (Phi) is 4.38. The van der Waals surface area contributed by atoms with Gasteiger partial charge in [-0.3, -0.25) is 10.00 Å². The van der Waals surface area contributed by atoms with Gasteiger partial charge < -0.3 is 0 Å². The van der Waals surface area contributed by atoms with E-state index >= 15 is 0 Å². The van der Waals surface area contributed by atoms with E-state index in [1.165, 1.54) is 0 Å². The molecule has 15 heavy (non-hydrogen) atoms. The molecule has 0 fully saturated rings. The number of nitrogens with zero attached hydrogens (tertiary/aromatic N) is 2. The summed E-state index contributed by atoms with van der Waals surface area (Å²) in [4.78, 5) is 0. The summed E-state index contributed by atoms with van der Waals surface area (Å²) in [5.74, 6) is 2.63. The summed E-state index contributed by atoms with van der Waals surface area (Å²) in [6, 6.07) is 2.59. The summed E-state index contributed by atoms with van der Waals surface area (Å²) in [6.07, 6.45) is 8.39. The molecule has 82 valence electrons. The van der Waals surface area contributed by atoms with Crippen LogP contribution in [0.3, 0.4) is 0 Å². The van der Waals surface area contributed by atoms with Gasteiger partial charge in [0.1, 0.15) is 0 Å². The molecule has 2 atom stereocenters. The Morgan fingerprint density at radius 1 is 1.60 bits per heavy atom. The fraction of sp³-hybridized carbons (Fsp3) is 0.583. The molecule has 3 nitrogen and oxygen atoms in total. The van der Waals surface area contributed by atoms with Gasteiger partial charge in [0.15, 0.2) is 0 Å². The molecular formula is C12H19N3. The van der Waals surface area contributed by atoms with Crippen molar-refractivity contribution in [1.29, 1.82) is 0 Å². The Bertz CT molecular complexity index is 335. The molecule has 0 spiro atoms. The zero-order valence-electron chi connectivity index (χ0n) is 9.70. The molecule has 1 rings (SSSR count). The van der Waals surface area contributed by atoms with Crippen molar-refractivity contribution in [1.82, 2.24) is 15.1 Å². The average molecular weight is 205 g/mol. The molecule has 0 aliphatic rings. The summed E-state index contributed by atoms with van der Waals surface area (Å²) in [6.45, 7) is 7.01. The highest BCUT2D eigenvalue weighted by Gasteiger charge is 2.04. The van der Waals surface area contributed by atoms with E-state index in [0.717, 1.165) is 18.7 Å². The van der Waals surface area contributed by atoms with E-state index in [1.54, 1.807) is 0 Å². The van der Waals surface area contributed by atoms with Crippen LogP contribution in [-0.2, 0) is 6.54 Å². The van der Waals surface area contributed by atoms with Gasteiger partial charge in [0, 0.05) is 18.8 Å². The first-order valence-corrected chi connectivity index (χ1v) is 5.41. The first-order chi connectivity index (χ1) is 7.17. The lowest BCUT2D eigenvalue weighted by Crippen LogP contribution is -2.23. The molecule has 3 heteroatoms. The van der Waals surface area contributed by atoms with Crippen molar-refractivity contribution < 1.29 is 0 Å². The van der Waals surface area contributed by atoms with Crippen LogP contribution in [0, 0.1) is 12.3 Å². The lowest BCUT2D eigenvalue weighted by Gasteiger charge is -2.08. The molecule has 0 saturated carbocycles. The van der Waals surface area contributed by atoms with E-state index in [2.05, 4.69) is 30.2 Å². The van der Waals surface area contributed by atoms with Crippen LogP contribution in [0.15, 0.2) is 12.3 Å². The molecule has 1 aromatic rings. The number of hydrogen-bond acceptors (Lipinski definition) is 2. The maximum atomic E-state index is 5.27. The van der Waals surface area contributed by atoms with Crippen molar-refractivity contribution in [2.24, 2.45) is 0 Å². The van der Waals surface area contributed by atoms with Gasteiger partial charge in [0.25, 0.3) is 0 Å². The third-order valence-electron chi connectivity index (χ3n) is 2.55. The van der Waals surface area contributed by atoms with E-state index in [4.69, 9.17) is 6.42 Å². The third-order valence-corrected chi connectivity index (χ3v) is 2.55. The quantitative estimate of drug-likeness (QED) is 0.745. The van der Waals surface area contributed by atoms with Crippen LogP contribution < -0.4 is 5.32 Å². The number of nitrogens with one attached hydrogen (secondary N) is 1. The molecule has 0 bridgehead atoms. The van der Waals surface area contributed by atoms with Gasteiger partial charge >= 0.3 is 0 Å². The van der Waals surface area contributed by atoms with Crippen LogP contribution in [-0.4, -0.2) is 15.8 Å². The summed E-state index contributed by atoms with van der Waals surface area (Å²) < 4.78 is 2.00. The first-order valence-electron chi connectivity index (χ1n) is 5.41. The predicted octanol–water partition coefficient (Wildman–Crippen LogP) is 1.97. The number of terminal acetylenes is 1. The highest BCUT2D eigenvalue weighted by atomic mass is 15.3. The standard InChI is InChI=1S/C12H19N3/c1-5-10(3)13-9-12-7-8-15(14-12)11(4)6-2/h1,7-8,10-11,13H,6,9H2,2-4H3. The fourth-order valence-electron chi connectivity index (χ4n) is 1.22. The Morgan fingerprint density at radius 3 is 2.93 bits per heavy atom. The van der Waals surface area contributed by atoms with Crippen molar-refractivity contribution in [2.45, 2.75) is 45.8 Å². The van der Waals surface area contributed by atoms with Gasteiger partial charge in [0.05, 0.1) is 11.7 Å². The second-order valence-electron chi connectivity index (χ2n) is 3.81. The Labute approximate surface area is 91.9 Å². The molecule has 0 amide bonds. The molecule has 1 N–H and O–H groups in total. The largest absolute Gasteiger partial charge is 0.298 e. The van der Waals surface area contributed by atoms with E-state index < -0.39 is 0 Å². The van der Waals surface area contributed by atoms with Gasteiger partial charge in [-0.15, -0.1) is 6.42 Å². The topological polar surface area (TPSA) is 29.9 Å². The number of rotatable bonds is 5. The highest BCUT2D eigenvalue weighted by molar-refractivity contribution is 5.02. The minimum atomic E-state index is 0.0961. The van der Waals surface area contributed by atoms with Gasteiger partial charge in [0.2, 0.25) is 0 Å². The Balaban J connectivity index is 2.50. The number of hydrogen-bond donors (Lipinski definition) is 1. The fourth-order valence-corrected chi connectivity index (χ4v) is 1.22. The molecule has 0 aliphatic carbocycles. The normalized spacial score (nSPS) is 14.5.